The van der Waals surface area contributed by atoms with Gasteiger partial charge in [0.25, 0.3) is 0 Å². The zero-order valence-corrected chi connectivity index (χ0v) is 7.68. The molecule has 0 aliphatic rings. The van der Waals surface area contributed by atoms with Crippen LogP contribution in [0.2, 0.25) is 0 Å². The van der Waals surface area contributed by atoms with Gasteiger partial charge in [0, 0.05) is 7.11 Å². The van der Waals surface area contributed by atoms with E-state index in [0.717, 1.165) is 6.42 Å². The molecule has 0 saturated heterocycles. The zero-order chi connectivity index (χ0) is 8.53. The fourth-order valence-electron chi connectivity index (χ4n) is 1.08. The van der Waals surface area contributed by atoms with E-state index in [1.165, 1.54) is 25.7 Å². The van der Waals surface area contributed by atoms with Crippen LogP contribution in [0.4, 0.5) is 0 Å². The molecule has 0 saturated carbocycles. The molecular formula is C9H20O2. The maximum atomic E-state index is 8.76. The summed E-state index contributed by atoms with van der Waals surface area (Å²) >= 11 is 0. The Hall–Kier alpha value is -0.0800. The number of unbranched alkanes of at least 4 members (excludes halogenated alkanes) is 3. The molecule has 2 nitrogen and oxygen atoms in total. The second kappa shape index (κ2) is 8.02. The number of ether oxygens (including phenoxy) is 1. The Morgan fingerprint density at radius 1 is 1.27 bits per heavy atom. The number of aliphatic hydroxyl groups excluding tert-OH is 1. The summed E-state index contributed by atoms with van der Waals surface area (Å²) in [5.74, 6) is 0. The monoisotopic (exact) mass is 160 g/mol. The van der Waals surface area contributed by atoms with Crippen LogP contribution < -0.4 is 0 Å². The van der Waals surface area contributed by atoms with Crippen molar-refractivity contribution in [3.63, 3.8) is 0 Å². The van der Waals surface area contributed by atoms with Crippen molar-refractivity contribution in [1.82, 2.24) is 0 Å². The van der Waals surface area contributed by atoms with Crippen LogP contribution >= 0.6 is 0 Å². The number of rotatable bonds is 7. The summed E-state index contributed by atoms with van der Waals surface area (Å²) in [6.45, 7) is 2.35. The standard InChI is InChI=1S/C9H20O2/c1-3-4-5-6-7-9(8-10)11-2/h9-10H,3-8H2,1-2H3/t9-/m1/s1. The first kappa shape index (κ1) is 10.9. The molecule has 1 atom stereocenters. The fourth-order valence-corrected chi connectivity index (χ4v) is 1.08. The maximum Gasteiger partial charge on any atom is 0.0802 e. The molecule has 0 spiro atoms. The topological polar surface area (TPSA) is 29.5 Å². The first-order valence-corrected chi connectivity index (χ1v) is 4.48. The lowest BCUT2D eigenvalue weighted by molar-refractivity contribution is 0.0415. The van der Waals surface area contributed by atoms with Crippen molar-refractivity contribution in [2.45, 2.75) is 45.1 Å². The second-order valence-corrected chi connectivity index (χ2v) is 2.89. The molecule has 0 unspecified atom stereocenters. The number of aliphatic hydroxyl groups is 1. The third-order valence-corrected chi connectivity index (χ3v) is 1.92. The van der Waals surface area contributed by atoms with Crippen molar-refractivity contribution in [1.29, 1.82) is 0 Å². The molecule has 0 radical (unpaired) electrons. The van der Waals surface area contributed by atoms with Crippen molar-refractivity contribution < 1.29 is 9.84 Å². The van der Waals surface area contributed by atoms with Crippen LogP contribution in [0.5, 0.6) is 0 Å². The summed E-state index contributed by atoms with van der Waals surface area (Å²) in [5, 5.41) is 8.76. The van der Waals surface area contributed by atoms with Crippen molar-refractivity contribution in [3.05, 3.63) is 0 Å². The van der Waals surface area contributed by atoms with Gasteiger partial charge in [0.2, 0.25) is 0 Å². The molecule has 11 heavy (non-hydrogen) atoms. The quantitative estimate of drug-likeness (QED) is 0.577. The SMILES string of the molecule is CCCCCC[C@H](CO)OC. The van der Waals surface area contributed by atoms with Crippen molar-refractivity contribution in [2.75, 3.05) is 13.7 Å². The molecule has 0 aliphatic carbocycles. The van der Waals surface area contributed by atoms with Crippen LogP contribution in [0.1, 0.15) is 39.0 Å². The van der Waals surface area contributed by atoms with E-state index < -0.39 is 0 Å². The number of hydrogen-bond donors (Lipinski definition) is 1. The predicted octanol–water partition coefficient (Wildman–Crippen LogP) is 1.96. The minimum Gasteiger partial charge on any atom is -0.394 e. The van der Waals surface area contributed by atoms with E-state index >= 15 is 0 Å². The lowest BCUT2D eigenvalue weighted by Gasteiger charge is -2.10. The zero-order valence-electron chi connectivity index (χ0n) is 7.68. The van der Waals surface area contributed by atoms with Gasteiger partial charge in [0.1, 0.15) is 0 Å². The minimum atomic E-state index is 0.0619. The summed E-state index contributed by atoms with van der Waals surface area (Å²) in [5.41, 5.74) is 0. The van der Waals surface area contributed by atoms with Crippen LogP contribution in [0.3, 0.4) is 0 Å². The first-order chi connectivity index (χ1) is 5.35. The lowest BCUT2D eigenvalue weighted by atomic mass is 10.1. The van der Waals surface area contributed by atoms with E-state index in [4.69, 9.17) is 9.84 Å². The molecule has 0 aliphatic heterocycles. The Kier molecular flexibility index (Phi) is 7.96. The molecule has 0 fully saturated rings. The Morgan fingerprint density at radius 3 is 2.45 bits per heavy atom. The van der Waals surface area contributed by atoms with E-state index in [1.807, 2.05) is 0 Å². The Bertz CT molecular complexity index is 70.0. The minimum absolute atomic E-state index is 0.0619. The predicted molar refractivity (Wildman–Crippen MR) is 46.6 cm³/mol. The fraction of sp³-hybridized carbons (Fsp3) is 1.00. The molecule has 0 aromatic rings. The Labute approximate surface area is 69.6 Å². The van der Waals surface area contributed by atoms with Crippen LogP contribution in [0, 0.1) is 0 Å². The van der Waals surface area contributed by atoms with Crippen LogP contribution in [-0.4, -0.2) is 24.9 Å². The van der Waals surface area contributed by atoms with Crippen LogP contribution in [-0.2, 0) is 4.74 Å². The largest absolute Gasteiger partial charge is 0.394 e. The normalized spacial score (nSPS) is 13.4. The summed E-state index contributed by atoms with van der Waals surface area (Å²) in [6.07, 6.45) is 6.04. The smallest absolute Gasteiger partial charge is 0.0802 e. The van der Waals surface area contributed by atoms with Gasteiger partial charge in [-0.15, -0.1) is 0 Å². The summed E-state index contributed by atoms with van der Waals surface area (Å²) in [4.78, 5) is 0. The van der Waals surface area contributed by atoms with Gasteiger partial charge in [0.05, 0.1) is 12.7 Å². The van der Waals surface area contributed by atoms with Gasteiger partial charge in [-0.25, -0.2) is 0 Å². The third kappa shape index (κ3) is 6.32. The van der Waals surface area contributed by atoms with E-state index in [1.54, 1.807) is 7.11 Å². The average molecular weight is 160 g/mol. The lowest BCUT2D eigenvalue weighted by Crippen LogP contribution is -2.14. The Morgan fingerprint density at radius 2 is 2.00 bits per heavy atom. The first-order valence-electron chi connectivity index (χ1n) is 4.48. The summed E-state index contributed by atoms with van der Waals surface area (Å²) < 4.78 is 5.03. The molecule has 0 aromatic carbocycles. The highest BCUT2D eigenvalue weighted by Gasteiger charge is 2.03. The van der Waals surface area contributed by atoms with Gasteiger partial charge >= 0.3 is 0 Å². The summed E-state index contributed by atoms with van der Waals surface area (Å²) in [6, 6.07) is 0. The van der Waals surface area contributed by atoms with E-state index in [0.29, 0.717) is 0 Å². The molecule has 68 valence electrons. The molecular weight excluding hydrogens is 140 g/mol. The van der Waals surface area contributed by atoms with Crippen molar-refractivity contribution >= 4 is 0 Å². The summed E-state index contributed by atoms with van der Waals surface area (Å²) in [7, 11) is 1.65. The van der Waals surface area contributed by atoms with Crippen LogP contribution in [0.25, 0.3) is 0 Å². The van der Waals surface area contributed by atoms with E-state index in [-0.39, 0.29) is 12.7 Å². The van der Waals surface area contributed by atoms with Gasteiger partial charge in [-0.2, -0.15) is 0 Å². The van der Waals surface area contributed by atoms with Crippen molar-refractivity contribution in [2.24, 2.45) is 0 Å². The number of methoxy groups -OCH3 is 1. The molecule has 0 aromatic heterocycles. The number of hydrogen-bond acceptors (Lipinski definition) is 2. The van der Waals surface area contributed by atoms with Gasteiger partial charge in [-0.3, -0.25) is 0 Å². The maximum absolute atomic E-state index is 8.76. The molecule has 0 rings (SSSR count). The van der Waals surface area contributed by atoms with Crippen LogP contribution in [0.15, 0.2) is 0 Å². The van der Waals surface area contributed by atoms with E-state index in [9.17, 15) is 0 Å². The molecule has 0 amide bonds. The average Bonchev–Trinajstić information content (AvgIpc) is 2.05. The third-order valence-electron chi connectivity index (χ3n) is 1.92. The van der Waals surface area contributed by atoms with Gasteiger partial charge in [-0.05, 0) is 6.42 Å². The highest BCUT2D eigenvalue weighted by molar-refractivity contribution is 4.54. The second-order valence-electron chi connectivity index (χ2n) is 2.89. The van der Waals surface area contributed by atoms with Crippen molar-refractivity contribution in [3.8, 4) is 0 Å². The highest BCUT2D eigenvalue weighted by Crippen LogP contribution is 2.06. The highest BCUT2D eigenvalue weighted by atomic mass is 16.5. The molecule has 0 heterocycles. The van der Waals surface area contributed by atoms with E-state index in [2.05, 4.69) is 6.92 Å². The molecule has 0 bridgehead atoms. The van der Waals surface area contributed by atoms with Gasteiger partial charge in [-0.1, -0.05) is 32.6 Å². The van der Waals surface area contributed by atoms with Gasteiger partial charge in [0.15, 0.2) is 0 Å². The Balaban J connectivity index is 3.07. The molecule has 1 N–H and O–H groups in total. The molecule has 2 heteroatoms. The van der Waals surface area contributed by atoms with Gasteiger partial charge < -0.3 is 9.84 Å².